The lowest BCUT2D eigenvalue weighted by atomic mass is 10.1. The minimum atomic E-state index is -0.603. The van der Waals surface area contributed by atoms with Crippen LogP contribution in [-0.4, -0.2) is 19.9 Å². The van der Waals surface area contributed by atoms with Gasteiger partial charge >= 0.3 is 11.3 Å². The highest BCUT2D eigenvalue weighted by Gasteiger charge is 2.27. The van der Waals surface area contributed by atoms with Crippen LogP contribution in [0.4, 0.5) is 0 Å². The quantitative estimate of drug-likeness (QED) is 0.258. The number of fused-ring (bicyclic) bond motifs is 2. The standard InChI is InChI=1S/C22H12BrN5O4S/c1-11-2-5-14(6-3-11)28-18(21(30)32-26-28)19-25-27-10-16(24-22(27)33-19)15-9-12-8-13(23)4-7-17(12)31-20(15)29/h2-10H,1H3. The SMILES string of the molecule is Cc1ccc(-[n+]2noc([O-])c2-c2nn3cc(-c4cc5cc(Br)ccc5oc4=O)nc3s2)cc1. The fraction of sp³-hybridized carbons (Fsp3) is 0.0455. The van der Waals surface area contributed by atoms with Gasteiger partial charge in [0.1, 0.15) is 5.58 Å². The van der Waals surface area contributed by atoms with E-state index >= 15 is 0 Å². The van der Waals surface area contributed by atoms with Crippen LogP contribution in [0.25, 0.3) is 43.6 Å². The highest BCUT2D eigenvalue weighted by molar-refractivity contribution is 9.10. The second kappa shape index (κ2) is 7.36. The van der Waals surface area contributed by atoms with Crippen LogP contribution in [0.5, 0.6) is 5.95 Å². The Kier molecular flexibility index (Phi) is 4.42. The van der Waals surface area contributed by atoms with Crippen molar-refractivity contribution in [2.24, 2.45) is 0 Å². The second-order valence-corrected chi connectivity index (χ2v) is 9.22. The molecule has 0 N–H and O–H groups in total. The topological polar surface area (TPSA) is 113 Å². The van der Waals surface area contributed by atoms with E-state index in [9.17, 15) is 9.90 Å². The molecule has 11 heteroatoms. The van der Waals surface area contributed by atoms with Gasteiger partial charge in [0.05, 0.1) is 22.7 Å². The number of halogens is 1. The molecule has 33 heavy (non-hydrogen) atoms. The number of nitrogens with zero attached hydrogens (tertiary/aromatic N) is 5. The lowest BCUT2D eigenvalue weighted by molar-refractivity contribution is -0.660. The maximum atomic E-state index is 12.5. The first-order chi connectivity index (χ1) is 16.0. The summed E-state index contributed by atoms with van der Waals surface area (Å²) in [7, 11) is 0. The number of aromatic nitrogens is 5. The Bertz CT molecular complexity index is 1700. The number of rotatable bonds is 3. The van der Waals surface area contributed by atoms with Gasteiger partial charge in [0.25, 0.3) is 0 Å². The summed E-state index contributed by atoms with van der Waals surface area (Å²) in [6, 6.07) is 14.7. The van der Waals surface area contributed by atoms with Crippen LogP contribution in [0, 0.1) is 6.92 Å². The number of hydrogen-bond acceptors (Lipinski definition) is 8. The largest absolute Gasteiger partial charge is 0.539 e. The molecule has 0 radical (unpaired) electrons. The Labute approximate surface area is 197 Å². The number of benzene rings is 2. The Morgan fingerprint density at radius 2 is 1.97 bits per heavy atom. The molecule has 0 aliphatic carbocycles. The first-order valence-corrected chi connectivity index (χ1v) is 11.3. The summed E-state index contributed by atoms with van der Waals surface area (Å²) in [6.45, 7) is 1.97. The summed E-state index contributed by atoms with van der Waals surface area (Å²) in [5.41, 5.74) is 2.70. The summed E-state index contributed by atoms with van der Waals surface area (Å²) in [6.07, 6.45) is 1.62. The zero-order valence-corrected chi connectivity index (χ0v) is 19.3. The average molecular weight is 522 g/mol. The van der Waals surface area contributed by atoms with Gasteiger partial charge in [-0.25, -0.2) is 14.3 Å². The molecule has 4 heterocycles. The molecule has 6 rings (SSSR count). The molecule has 0 spiro atoms. The molecule has 0 aliphatic heterocycles. The van der Waals surface area contributed by atoms with Crippen molar-refractivity contribution in [3.63, 3.8) is 0 Å². The molecule has 2 aromatic carbocycles. The third-order valence-corrected chi connectivity index (χ3v) is 6.53. The molecule has 162 valence electrons. The van der Waals surface area contributed by atoms with Crippen molar-refractivity contribution < 1.29 is 18.7 Å². The smallest absolute Gasteiger partial charge is 0.345 e. The van der Waals surface area contributed by atoms with E-state index in [0.29, 0.717) is 32.5 Å². The van der Waals surface area contributed by atoms with Crippen LogP contribution in [0.15, 0.2) is 72.9 Å². The Hall–Kier alpha value is -3.83. The van der Waals surface area contributed by atoms with E-state index in [2.05, 4.69) is 31.3 Å². The van der Waals surface area contributed by atoms with E-state index in [1.54, 1.807) is 24.4 Å². The Balaban J connectivity index is 1.44. The van der Waals surface area contributed by atoms with E-state index in [-0.39, 0.29) is 5.69 Å². The van der Waals surface area contributed by atoms with Gasteiger partial charge in [-0.1, -0.05) is 45.0 Å². The van der Waals surface area contributed by atoms with Crippen LogP contribution in [0.2, 0.25) is 0 Å². The monoisotopic (exact) mass is 521 g/mol. The molecule has 9 nitrogen and oxygen atoms in total. The van der Waals surface area contributed by atoms with E-state index in [4.69, 9.17) is 8.94 Å². The predicted molar refractivity (Wildman–Crippen MR) is 121 cm³/mol. The molecule has 4 aromatic heterocycles. The van der Waals surface area contributed by atoms with Crippen molar-refractivity contribution in [3.05, 3.63) is 75.2 Å². The second-order valence-electron chi connectivity index (χ2n) is 7.35. The van der Waals surface area contributed by atoms with Crippen molar-refractivity contribution in [3.8, 4) is 33.6 Å². The van der Waals surface area contributed by atoms with Crippen molar-refractivity contribution in [2.75, 3.05) is 0 Å². The van der Waals surface area contributed by atoms with Crippen LogP contribution in [0.1, 0.15) is 5.56 Å². The summed E-state index contributed by atoms with van der Waals surface area (Å²) in [5, 5.41) is 21.9. The van der Waals surface area contributed by atoms with Crippen molar-refractivity contribution in [2.45, 2.75) is 6.92 Å². The van der Waals surface area contributed by atoms with Crippen molar-refractivity contribution >= 4 is 43.2 Å². The maximum Gasteiger partial charge on any atom is 0.345 e. The average Bonchev–Trinajstić information content (AvgIpc) is 3.47. The molecule has 0 amide bonds. The van der Waals surface area contributed by atoms with Gasteiger partial charge in [0, 0.05) is 22.0 Å². The first kappa shape index (κ1) is 19.8. The van der Waals surface area contributed by atoms with Crippen molar-refractivity contribution in [1.29, 1.82) is 0 Å². The molecule has 0 aliphatic rings. The van der Waals surface area contributed by atoms with Gasteiger partial charge in [-0.2, -0.15) is 0 Å². The van der Waals surface area contributed by atoms with Crippen LogP contribution in [-0.2, 0) is 0 Å². The van der Waals surface area contributed by atoms with Crippen molar-refractivity contribution in [1.82, 2.24) is 19.9 Å². The fourth-order valence-electron chi connectivity index (χ4n) is 3.49. The van der Waals surface area contributed by atoms with E-state index in [1.807, 2.05) is 37.3 Å². The predicted octanol–water partition coefficient (Wildman–Crippen LogP) is 3.64. The summed E-state index contributed by atoms with van der Waals surface area (Å²) >= 11 is 4.61. The fourth-order valence-corrected chi connectivity index (χ4v) is 4.77. The highest BCUT2D eigenvalue weighted by atomic mass is 79.9. The first-order valence-electron chi connectivity index (χ1n) is 9.73. The van der Waals surface area contributed by atoms with Gasteiger partial charge in [-0.3, -0.25) is 0 Å². The summed E-state index contributed by atoms with van der Waals surface area (Å²) in [4.78, 5) is 17.6. The van der Waals surface area contributed by atoms with E-state index in [0.717, 1.165) is 15.4 Å². The van der Waals surface area contributed by atoms with Gasteiger partial charge in [-0.15, -0.1) is 5.10 Å². The normalized spacial score (nSPS) is 11.6. The van der Waals surface area contributed by atoms with E-state index in [1.165, 1.54) is 20.5 Å². The lowest BCUT2D eigenvalue weighted by Gasteiger charge is -2.00. The Morgan fingerprint density at radius 3 is 2.76 bits per heavy atom. The molecule has 6 aromatic rings. The minimum absolute atomic E-state index is 0.200. The van der Waals surface area contributed by atoms with Gasteiger partial charge < -0.3 is 14.0 Å². The molecule has 0 atom stereocenters. The Morgan fingerprint density at radius 1 is 1.15 bits per heavy atom. The molecule has 0 bridgehead atoms. The third-order valence-electron chi connectivity index (χ3n) is 5.11. The minimum Gasteiger partial charge on any atom is -0.539 e. The van der Waals surface area contributed by atoms with Crippen LogP contribution >= 0.6 is 27.3 Å². The summed E-state index contributed by atoms with van der Waals surface area (Å²) in [5.74, 6) is -0.603. The third kappa shape index (κ3) is 3.33. The van der Waals surface area contributed by atoms with Crippen LogP contribution < -0.4 is 15.4 Å². The van der Waals surface area contributed by atoms with E-state index < -0.39 is 11.6 Å². The maximum absolute atomic E-state index is 12.5. The molecule has 0 unspecified atom stereocenters. The number of aryl methyl sites for hydroxylation is 1. The van der Waals surface area contributed by atoms with Gasteiger partial charge in [0.2, 0.25) is 15.7 Å². The zero-order chi connectivity index (χ0) is 22.7. The molecular weight excluding hydrogens is 510 g/mol. The highest BCUT2D eigenvalue weighted by Crippen LogP contribution is 2.31. The van der Waals surface area contributed by atoms with Gasteiger partial charge in [-0.05, 0) is 35.9 Å². The number of hydrogen-bond donors (Lipinski definition) is 0. The molecular formula is C22H12BrN5O4S. The molecule has 0 saturated heterocycles. The molecule has 0 fully saturated rings. The lowest BCUT2D eigenvalue weighted by Crippen LogP contribution is -2.34. The molecule has 0 saturated carbocycles. The summed E-state index contributed by atoms with van der Waals surface area (Å²) < 4.78 is 14.1. The van der Waals surface area contributed by atoms with Gasteiger partial charge in [0.15, 0.2) is 5.95 Å². The zero-order valence-electron chi connectivity index (χ0n) is 16.9. The number of imidazole rings is 1. The van der Waals surface area contributed by atoms with Crippen LogP contribution in [0.3, 0.4) is 0 Å².